The molecule has 1 N–H and O–H groups in total. The number of ether oxygens (including phenoxy) is 2. The Hall–Kier alpha value is -2.03. The first-order valence-electron chi connectivity index (χ1n) is 14.0. The van der Waals surface area contributed by atoms with Crippen LogP contribution in [-0.2, 0) is 23.9 Å². The monoisotopic (exact) mass is 491 g/mol. The molecule has 1 fully saturated rings. The summed E-state index contributed by atoms with van der Waals surface area (Å²) in [5, 5.41) is 2.60. The third kappa shape index (κ3) is 13.6. The van der Waals surface area contributed by atoms with Gasteiger partial charge in [-0.3, -0.25) is 9.59 Å². The molecule has 0 aromatic carbocycles. The van der Waals surface area contributed by atoms with Crippen molar-refractivity contribution in [2.75, 3.05) is 0 Å². The number of esters is 2. The van der Waals surface area contributed by atoms with E-state index >= 15 is 0 Å². The van der Waals surface area contributed by atoms with E-state index in [9.17, 15) is 14.4 Å². The third-order valence-corrected chi connectivity index (χ3v) is 6.77. The number of carbonyl (C=O) groups excluding carboxylic acids is 3. The Kier molecular flexibility index (Phi) is 17.0. The Morgan fingerprint density at radius 3 is 2.31 bits per heavy atom. The van der Waals surface area contributed by atoms with Gasteiger partial charge in [-0.25, -0.2) is 4.79 Å². The van der Waals surface area contributed by atoms with Crippen LogP contribution >= 0.6 is 0 Å². The normalized spacial score (nSPS) is 18.8. The molecule has 0 unspecified atom stereocenters. The number of nitrogens with one attached hydrogen (secondary N) is 1. The number of hydrogen-bond donors (Lipinski definition) is 1. The summed E-state index contributed by atoms with van der Waals surface area (Å²) in [6.45, 7) is 6.24. The molecule has 0 aliphatic carbocycles. The Balaban J connectivity index is 2.59. The highest BCUT2D eigenvalue weighted by atomic mass is 16.6. The largest absolute Gasteiger partial charge is 0.461 e. The van der Waals surface area contributed by atoms with Crippen LogP contribution in [0.1, 0.15) is 124 Å². The highest BCUT2D eigenvalue weighted by molar-refractivity contribution is 5.79. The molecule has 0 radical (unpaired) electrons. The highest BCUT2D eigenvalue weighted by Gasteiger charge is 2.43. The zero-order chi connectivity index (χ0) is 25.9. The third-order valence-electron chi connectivity index (χ3n) is 6.77. The van der Waals surface area contributed by atoms with Gasteiger partial charge in [0.25, 0.3) is 0 Å². The van der Waals surface area contributed by atoms with Crippen LogP contribution in [0.25, 0.3) is 0 Å². The Morgan fingerprint density at radius 2 is 1.74 bits per heavy atom. The Bertz CT molecular complexity index is 641. The molecular formula is C29H49NO5. The highest BCUT2D eigenvalue weighted by Crippen LogP contribution is 2.32. The van der Waals surface area contributed by atoms with E-state index in [0.717, 1.165) is 38.5 Å². The first-order chi connectivity index (χ1) is 16.9. The standard InChI is InChI=1S/C29H49NO5/c1-5-7-9-11-12-13-14-15-16-18-24(34-29(33)26(30-22-31)20-23(3)4)21-27-25(28(32)35-27)19-17-10-8-6-2/h2,22-27H,5,7-21H2,1,3-4H3,(H,30,31)/t24-,25-,26+,27-/m0/s1. The first kappa shape index (κ1) is 31.0. The quantitative estimate of drug-likeness (QED) is 0.0856. The molecule has 0 aromatic heterocycles. The number of terminal acetylenes is 1. The lowest BCUT2D eigenvalue weighted by atomic mass is 9.86. The molecule has 1 rings (SSSR count). The molecule has 0 bridgehead atoms. The molecule has 1 aliphatic rings. The number of carbonyl (C=O) groups is 3. The molecule has 35 heavy (non-hydrogen) atoms. The summed E-state index contributed by atoms with van der Waals surface area (Å²) in [4.78, 5) is 35.9. The van der Waals surface area contributed by atoms with Crippen molar-refractivity contribution in [3.05, 3.63) is 0 Å². The maximum atomic E-state index is 12.8. The summed E-state index contributed by atoms with van der Waals surface area (Å²) >= 11 is 0. The van der Waals surface area contributed by atoms with Crippen LogP contribution in [0.15, 0.2) is 0 Å². The van der Waals surface area contributed by atoms with E-state index in [2.05, 4.69) is 18.2 Å². The summed E-state index contributed by atoms with van der Waals surface area (Å²) in [7, 11) is 0. The van der Waals surface area contributed by atoms with Gasteiger partial charge in [-0.05, 0) is 38.0 Å². The minimum absolute atomic E-state index is 0.142. The first-order valence-corrected chi connectivity index (χ1v) is 14.0. The molecule has 6 nitrogen and oxygen atoms in total. The molecule has 1 heterocycles. The van der Waals surface area contributed by atoms with Gasteiger partial charge in [-0.2, -0.15) is 0 Å². The van der Waals surface area contributed by atoms with Crippen LogP contribution in [-0.4, -0.2) is 36.6 Å². The molecule has 0 aromatic rings. The van der Waals surface area contributed by atoms with E-state index in [-0.39, 0.29) is 30.0 Å². The molecule has 0 spiro atoms. The van der Waals surface area contributed by atoms with Gasteiger partial charge >= 0.3 is 11.9 Å². The molecule has 4 atom stereocenters. The molecule has 1 aliphatic heterocycles. The molecule has 6 heteroatoms. The molecular weight excluding hydrogens is 442 g/mol. The predicted molar refractivity (Wildman–Crippen MR) is 139 cm³/mol. The minimum Gasteiger partial charge on any atom is -0.461 e. The number of amides is 1. The van der Waals surface area contributed by atoms with Crippen molar-refractivity contribution >= 4 is 18.3 Å². The topological polar surface area (TPSA) is 81.7 Å². The summed E-state index contributed by atoms with van der Waals surface area (Å²) < 4.78 is 11.3. The number of unbranched alkanes of at least 4 members (excludes halogenated alkanes) is 10. The Morgan fingerprint density at radius 1 is 1.09 bits per heavy atom. The van der Waals surface area contributed by atoms with Crippen LogP contribution in [0.2, 0.25) is 0 Å². The maximum absolute atomic E-state index is 12.8. The van der Waals surface area contributed by atoms with Crippen molar-refractivity contribution in [2.24, 2.45) is 11.8 Å². The van der Waals surface area contributed by atoms with Gasteiger partial charge in [0.05, 0.1) is 5.92 Å². The zero-order valence-corrected chi connectivity index (χ0v) is 22.4. The molecule has 0 saturated carbocycles. The summed E-state index contributed by atoms with van der Waals surface area (Å²) in [6.07, 6.45) is 21.4. The van der Waals surface area contributed by atoms with Crippen LogP contribution in [0.5, 0.6) is 0 Å². The van der Waals surface area contributed by atoms with E-state index < -0.39 is 12.0 Å². The number of hydrogen-bond acceptors (Lipinski definition) is 5. The summed E-state index contributed by atoms with van der Waals surface area (Å²) in [6, 6.07) is -0.651. The second kappa shape index (κ2) is 19.2. The molecule has 1 saturated heterocycles. The van der Waals surface area contributed by atoms with Gasteiger partial charge in [-0.15, -0.1) is 12.3 Å². The van der Waals surface area contributed by atoms with Gasteiger partial charge in [0, 0.05) is 12.8 Å². The van der Waals surface area contributed by atoms with E-state index in [1.807, 2.05) is 13.8 Å². The lowest BCUT2D eigenvalue weighted by molar-refractivity contribution is -0.190. The lowest BCUT2D eigenvalue weighted by Crippen LogP contribution is -2.48. The van der Waals surface area contributed by atoms with E-state index in [4.69, 9.17) is 15.9 Å². The summed E-state index contributed by atoms with van der Waals surface area (Å²) in [5.74, 6) is 2.17. The van der Waals surface area contributed by atoms with E-state index in [0.29, 0.717) is 25.7 Å². The fraction of sp³-hybridized carbons (Fsp3) is 0.828. The van der Waals surface area contributed by atoms with Gasteiger partial charge in [0.2, 0.25) is 6.41 Å². The van der Waals surface area contributed by atoms with Crippen molar-refractivity contribution in [2.45, 2.75) is 142 Å². The van der Waals surface area contributed by atoms with Crippen LogP contribution in [0.4, 0.5) is 0 Å². The Labute approximate surface area is 213 Å². The van der Waals surface area contributed by atoms with Crippen molar-refractivity contribution in [1.82, 2.24) is 5.32 Å². The van der Waals surface area contributed by atoms with Gasteiger partial charge < -0.3 is 14.8 Å². The van der Waals surface area contributed by atoms with Crippen molar-refractivity contribution in [3.8, 4) is 12.3 Å². The average molecular weight is 492 g/mol. The van der Waals surface area contributed by atoms with E-state index in [1.165, 1.54) is 44.9 Å². The second-order valence-corrected chi connectivity index (χ2v) is 10.4. The SMILES string of the molecule is C#CCCCC[C@@H]1C(=O)O[C@H]1C[C@H](CCCCCCCCCCC)OC(=O)[C@@H](CC(C)C)NC=O. The van der Waals surface area contributed by atoms with Gasteiger partial charge in [0.1, 0.15) is 18.2 Å². The van der Waals surface area contributed by atoms with Gasteiger partial charge in [0.15, 0.2) is 0 Å². The van der Waals surface area contributed by atoms with Crippen molar-refractivity contribution in [1.29, 1.82) is 0 Å². The summed E-state index contributed by atoms with van der Waals surface area (Å²) in [5.41, 5.74) is 0. The fourth-order valence-electron chi connectivity index (χ4n) is 4.70. The minimum atomic E-state index is -0.651. The van der Waals surface area contributed by atoms with Crippen molar-refractivity contribution < 1.29 is 23.9 Å². The fourth-order valence-corrected chi connectivity index (χ4v) is 4.70. The maximum Gasteiger partial charge on any atom is 0.328 e. The lowest BCUT2D eigenvalue weighted by Gasteiger charge is -2.37. The molecule has 1 amide bonds. The van der Waals surface area contributed by atoms with Crippen molar-refractivity contribution in [3.63, 3.8) is 0 Å². The zero-order valence-electron chi connectivity index (χ0n) is 22.4. The number of cyclic esters (lactones) is 1. The molecule has 200 valence electrons. The van der Waals surface area contributed by atoms with Crippen LogP contribution < -0.4 is 5.32 Å². The average Bonchev–Trinajstić information content (AvgIpc) is 2.81. The van der Waals surface area contributed by atoms with Gasteiger partial charge in [-0.1, -0.05) is 78.6 Å². The smallest absolute Gasteiger partial charge is 0.328 e. The second-order valence-electron chi connectivity index (χ2n) is 10.4. The predicted octanol–water partition coefficient (Wildman–Crippen LogP) is 6.11. The van der Waals surface area contributed by atoms with E-state index in [1.54, 1.807) is 0 Å². The van der Waals surface area contributed by atoms with Crippen LogP contribution in [0.3, 0.4) is 0 Å². The number of rotatable bonds is 22. The van der Waals surface area contributed by atoms with Crippen LogP contribution in [0, 0.1) is 24.2 Å².